The first-order valence-electron chi connectivity index (χ1n) is 5.11. The van der Waals surface area contributed by atoms with Crippen LogP contribution >= 0.6 is 92.8 Å². The maximum Gasteiger partial charge on any atom is 0.367 e. The van der Waals surface area contributed by atoms with Crippen molar-refractivity contribution in [1.29, 1.82) is 0 Å². The Morgan fingerprint density at radius 2 is 1.55 bits per heavy atom. The van der Waals surface area contributed by atoms with E-state index in [0.717, 1.165) is 0 Å². The maximum atomic E-state index is 11.7. The number of azo groups is 1. The first kappa shape index (κ1) is 20.7. The molecular weight excluding hydrogens is 464 g/mol. The average Bonchev–Trinajstić information content (AvgIpc) is 2.33. The van der Waals surface area contributed by atoms with Crippen molar-refractivity contribution in [1.82, 2.24) is 0 Å². The molecule has 0 amide bonds. The Balaban J connectivity index is 2.90. The van der Waals surface area contributed by atoms with E-state index in [1.165, 1.54) is 12.1 Å². The zero-order valence-corrected chi connectivity index (χ0v) is 16.1. The van der Waals surface area contributed by atoms with Crippen LogP contribution in [0.4, 0.5) is 5.69 Å². The van der Waals surface area contributed by atoms with Crippen molar-refractivity contribution in [3.05, 3.63) is 27.2 Å². The van der Waals surface area contributed by atoms with E-state index in [-0.39, 0.29) is 15.7 Å². The topological polar surface area (TPSA) is 51.0 Å². The van der Waals surface area contributed by atoms with Gasteiger partial charge in [-0.3, -0.25) is 0 Å². The van der Waals surface area contributed by atoms with Gasteiger partial charge in [0.2, 0.25) is 3.79 Å². The number of benzene rings is 1. The number of hydrogen-bond donors (Lipinski definition) is 0. The van der Waals surface area contributed by atoms with Crippen LogP contribution in [0, 0.1) is 0 Å². The zero-order chi connectivity index (χ0) is 17.1. The lowest BCUT2D eigenvalue weighted by atomic mass is 10.3. The molecule has 1 rings (SSSR count). The van der Waals surface area contributed by atoms with Crippen molar-refractivity contribution < 1.29 is 9.53 Å². The van der Waals surface area contributed by atoms with Gasteiger partial charge in [-0.1, -0.05) is 92.8 Å². The summed E-state index contributed by atoms with van der Waals surface area (Å²) in [6, 6.07) is 2.74. The fourth-order valence-corrected chi connectivity index (χ4v) is 2.26. The van der Waals surface area contributed by atoms with Crippen LogP contribution in [-0.2, 0) is 9.53 Å². The second kappa shape index (κ2) is 8.13. The number of hydrogen-bond acceptors (Lipinski definition) is 4. The van der Waals surface area contributed by atoms with Crippen molar-refractivity contribution in [2.45, 2.75) is 8.25 Å². The molecule has 1 aromatic rings. The van der Waals surface area contributed by atoms with Gasteiger partial charge < -0.3 is 4.74 Å². The molecule has 0 bridgehead atoms. The lowest BCUT2D eigenvalue weighted by Gasteiger charge is -2.15. The smallest absolute Gasteiger partial charge is 0.367 e. The molecule has 0 aromatic heterocycles. The highest BCUT2D eigenvalue weighted by Crippen LogP contribution is 2.38. The summed E-state index contributed by atoms with van der Waals surface area (Å²) in [4.78, 5) is 11.7. The molecule has 0 saturated carbocycles. The van der Waals surface area contributed by atoms with Crippen LogP contribution in [0.15, 0.2) is 22.4 Å². The van der Waals surface area contributed by atoms with Crippen molar-refractivity contribution >= 4 is 104 Å². The van der Waals surface area contributed by atoms with Crippen molar-refractivity contribution in [2.75, 3.05) is 6.61 Å². The predicted octanol–water partition coefficient (Wildman–Crippen LogP) is 6.78. The third kappa shape index (κ3) is 6.62. The van der Waals surface area contributed by atoms with Gasteiger partial charge in [0, 0.05) is 5.02 Å². The monoisotopic (exact) mass is 464 g/mol. The summed E-state index contributed by atoms with van der Waals surface area (Å²) in [6.45, 7) is -0.574. The molecule has 0 atom stereocenters. The SMILES string of the molecule is O=C(OCC(Cl)(Cl)Cl)C(Cl)(Cl)N=Nc1c(Cl)cc(Cl)cc1Cl. The number of alkyl halides is 5. The standard InChI is InChI=1S/C10H4Cl8N2O2/c11-4-1-5(12)7(6(13)2-4)19-20-10(17,18)8(21)22-3-9(14,15)16/h1-2H,3H2. The number of nitrogens with zero attached hydrogens (tertiary/aromatic N) is 2. The quantitative estimate of drug-likeness (QED) is 0.212. The molecule has 12 heteroatoms. The van der Waals surface area contributed by atoms with Gasteiger partial charge in [-0.25, -0.2) is 4.79 Å². The first-order valence-corrected chi connectivity index (χ1v) is 8.14. The Labute approximate surface area is 165 Å². The Hall–Kier alpha value is 0.610. The molecule has 0 aliphatic rings. The van der Waals surface area contributed by atoms with Gasteiger partial charge in [0.25, 0.3) is 0 Å². The van der Waals surface area contributed by atoms with Crippen molar-refractivity contribution in [3.63, 3.8) is 0 Å². The lowest BCUT2D eigenvalue weighted by Crippen LogP contribution is -2.29. The van der Waals surface area contributed by atoms with Gasteiger partial charge in [0.15, 0.2) is 0 Å². The molecule has 0 aliphatic carbocycles. The van der Waals surface area contributed by atoms with Crippen LogP contribution in [0.5, 0.6) is 0 Å². The molecule has 22 heavy (non-hydrogen) atoms. The molecule has 0 saturated heterocycles. The maximum absolute atomic E-state index is 11.7. The highest BCUT2D eigenvalue weighted by Gasteiger charge is 2.38. The first-order chi connectivity index (χ1) is 9.92. The number of rotatable bonds is 4. The minimum absolute atomic E-state index is 0.0209. The largest absolute Gasteiger partial charge is 0.457 e. The van der Waals surface area contributed by atoms with Gasteiger partial charge in [0.1, 0.15) is 12.3 Å². The molecule has 0 aliphatic heterocycles. The minimum atomic E-state index is -2.37. The van der Waals surface area contributed by atoms with Crippen LogP contribution in [0.3, 0.4) is 0 Å². The van der Waals surface area contributed by atoms with E-state index < -0.39 is 20.8 Å². The van der Waals surface area contributed by atoms with Gasteiger partial charge in [-0.2, -0.15) is 0 Å². The third-order valence-corrected chi connectivity index (χ3v) is 3.45. The number of carbonyl (C=O) groups excluding carboxylic acids is 1. The highest BCUT2D eigenvalue weighted by atomic mass is 35.6. The van der Waals surface area contributed by atoms with E-state index in [9.17, 15) is 4.79 Å². The summed E-state index contributed by atoms with van der Waals surface area (Å²) in [5.41, 5.74) is 0.0209. The Morgan fingerprint density at radius 1 is 1.05 bits per heavy atom. The number of esters is 1. The summed E-state index contributed by atoms with van der Waals surface area (Å²) in [5.74, 6) is -1.19. The highest BCUT2D eigenvalue weighted by molar-refractivity contribution is 6.67. The zero-order valence-electron chi connectivity index (χ0n) is 10.1. The van der Waals surface area contributed by atoms with Crippen LogP contribution in [0.2, 0.25) is 15.1 Å². The molecule has 0 unspecified atom stereocenters. The summed E-state index contributed by atoms with van der Waals surface area (Å²) in [5, 5.41) is 7.50. The molecule has 0 N–H and O–H groups in total. The molecule has 0 heterocycles. The summed E-state index contributed by atoms with van der Waals surface area (Å²) >= 11 is 45.2. The predicted molar refractivity (Wildman–Crippen MR) is 91.7 cm³/mol. The van der Waals surface area contributed by atoms with Gasteiger partial charge in [0.05, 0.1) is 10.0 Å². The fraction of sp³-hybridized carbons (Fsp3) is 0.300. The molecule has 1 aromatic carbocycles. The normalized spacial score (nSPS) is 12.7. The third-order valence-electron chi connectivity index (χ3n) is 1.87. The van der Waals surface area contributed by atoms with Gasteiger partial charge in [-0.05, 0) is 12.1 Å². The number of carbonyl (C=O) groups is 1. The van der Waals surface area contributed by atoms with Crippen LogP contribution < -0.4 is 0 Å². The van der Waals surface area contributed by atoms with E-state index in [2.05, 4.69) is 15.0 Å². The number of ether oxygens (including phenoxy) is 1. The Morgan fingerprint density at radius 3 is 2.00 bits per heavy atom. The number of halogens is 8. The second-order valence-corrected chi connectivity index (χ2v) is 8.70. The van der Waals surface area contributed by atoms with Gasteiger partial charge in [-0.15, -0.1) is 10.2 Å². The summed E-state index contributed by atoms with van der Waals surface area (Å²) in [6.07, 6.45) is 0. The molecule has 122 valence electrons. The van der Waals surface area contributed by atoms with Crippen molar-refractivity contribution in [2.24, 2.45) is 10.2 Å². The molecule has 0 spiro atoms. The molecule has 4 nitrogen and oxygen atoms in total. The van der Waals surface area contributed by atoms with E-state index in [4.69, 9.17) is 92.8 Å². The Kier molecular flexibility index (Phi) is 7.63. The molecule has 0 fully saturated rings. The lowest BCUT2D eigenvalue weighted by molar-refractivity contribution is -0.144. The average molecular weight is 468 g/mol. The molecular formula is C10H4Cl8N2O2. The van der Waals surface area contributed by atoms with Crippen LogP contribution in [0.1, 0.15) is 0 Å². The summed E-state index contributed by atoms with van der Waals surface area (Å²) in [7, 11) is 0. The summed E-state index contributed by atoms with van der Waals surface area (Å²) < 4.78 is 0.407. The fourth-order valence-electron chi connectivity index (χ4n) is 1.02. The van der Waals surface area contributed by atoms with Gasteiger partial charge >= 0.3 is 10.4 Å². The molecule has 0 radical (unpaired) electrons. The van der Waals surface area contributed by atoms with Crippen LogP contribution in [0.25, 0.3) is 0 Å². The van der Waals surface area contributed by atoms with E-state index in [1.54, 1.807) is 0 Å². The second-order valence-electron chi connectivity index (χ2n) is 3.65. The minimum Gasteiger partial charge on any atom is -0.457 e. The van der Waals surface area contributed by atoms with E-state index in [0.29, 0.717) is 5.02 Å². The van der Waals surface area contributed by atoms with E-state index in [1.807, 2.05) is 0 Å². The van der Waals surface area contributed by atoms with Crippen LogP contribution in [-0.4, -0.2) is 20.8 Å². The van der Waals surface area contributed by atoms with E-state index >= 15 is 0 Å². The Bertz CT molecular complexity index is 576. The van der Waals surface area contributed by atoms with Crippen molar-refractivity contribution in [3.8, 4) is 0 Å².